The quantitative estimate of drug-likeness (QED) is 0.290. The van der Waals surface area contributed by atoms with Gasteiger partial charge in [0, 0.05) is 56.6 Å². The van der Waals surface area contributed by atoms with Crippen molar-refractivity contribution in [1.82, 2.24) is 9.80 Å². The third-order valence-corrected chi connectivity index (χ3v) is 7.87. The molecule has 0 aliphatic carbocycles. The Morgan fingerprint density at radius 1 is 0.946 bits per heavy atom. The zero-order valence-corrected chi connectivity index (χ0v) is 21.6. The molecular formula is C30H37N5O2. The minimum atomic E-state index is -0.373. The molecule has 7 heteroatoms. The molecule has 0 saturated carbocycles. The number of piperidine rings is 1. The maximum Gasteiger partial charge on any atom is 0.328 e. The van der Waals surface area contributed by atoms with Crippen molar-refractivity contribution in [3.05, 3.63) is 77.9 Å². The van der Waals surface area contributed by atoms with Crippen molar-refractivity contribution in [3.63, 3.8) is 0 Å². The molecule has 0 aromatic heterocycles. The van der Waals surface area contributed by atoms with Crippen LogP contribution in [0.2, 0.25) is 0 Å². The number of nitrogens with zero attached hydrogens (tertiary/aromatic N) is 3. The Kier molecular flexibility index (Phi) is 7.72. The van der Waals surface area contributed by atoms with Gasteiger partial charge in [0.25, 0.3) is 0 Å². The summed E-state index contributed by atoms with van der Waals surface area (Å²) < 4.78 is 5.56. The number of anilines is 1. The first-order valence-electron chi connectivity index (χ1n) is 13.4. The molecule has 37 heavy (non-hydrogen) atoms. The second-order valence-corrected chi connectivity index (χ2v) is 9.97. The number of benzene rings is 3. The minimum absolute atomic E-state index is 0.105. The highest BCUT2D eigenvalue weighted by Gasteiger charge is 2.35. The smallest absolute Gasteiger partial charge is 0.328 e. The Morgan fingerprint density at radius 2 is 1.62 bits per heavy atom. The van der Waals surface area contributed by atoms with Crippen molar-refractivity contribution in [3.8, 4) is 0 Å². The van der Waals surface area contributed by atoms with Crippen molar-refractivity contribution < 1.29 is 9.53 Å². The summed E-state index contributed by atoms with van der Waals surface area (Å²) in [6.45, 7) is 8.06. The number of hydrogen-bond donors (Lipinski definition) is 2. The number of carbonyl (C=O) groups is 1. The lowest BCUT2D eigenvalue weighted by Gasteiger charge is -2.44. The third kappa shape index (κ3) is 5.48. The fourth-order valence-corrected chi connectivity index (χ4v) is 5.89. The van der Waals surface area contributed by atoms with Gasteiger partial charge in [-0.15, -0.1) is 0 Å². The summed E-state index contributed by atoms with van der Waals surface area (Å²) in [7, 11) is 0. The topological polar surface area (TPSA) is 85.9 Å². The molecule has 194 valence electrons. The van der Waals surface area contributed by atoms with Crippen LogP contribution in [0.3, 0.4) is 0 Å². The summed E-state index contributed by atoms with van der Waals surface area (Å²) in [5.41, 5.74) is 8.59. The number of nitrogens with one attached hydrogen (secondary N) is 1. The van der Waals surface area contributed by atoms with Gasteiger partial charge >= 0.3 is 5.97 Å². The van der Waals surface area contributed by atoms with Crippen LogP contribution in [0.1, 0.15) is 36.9 Å². The van der Waals surface area contributed by atoms with E-state index in [1.807, 2.05) is 37.3 Å². The van der Waals surface area contributed by atoms with Gasteiger partial charge in [0.2, 0.25) is 0 Å². The average molecular weight is 500 g/mol. The number of ether oxygens (including phenoxy) is 1. The van der Waals surface area contributed by atoms with Crippen LogP contribution in [0.25, 0.3) is 10.8 Å². The third-order valence-electron chi connectivity index (χ3n) is 7.87. The van der Waals surface area contributed by atoms with Gasteiger partial charge in [0.15, 0.2) is 0 Å². The van der Waals surface area contributed by atoms with E-state index in [2.05, 4.69) is 51.1 Å². The van der Waals surface area contributed by atoms with Crippen LogP contribution in [-0.4, -0.2) is 73.5 Å². The molecule has 1 atom stereocenters. The fraction of sp³-hybridized carbons (Fsp3) is 0.400. The molecule has 1 unspecified atom stereocenters. The lowest BCUT2D eigenvalue weighted by atomic mass is 9.94. The van der Waals surface area contributed by atoms with E-state index in [0.717, 1.165) is 74.0 Å². The number of fused-ring (bicyclic) bond motifs is 1. The van der Waals surface area contributed by atoms with Gasteiger partial charge in [0.1, 0.15) is 11.9 Å². The molecule has 3 N–H and O–H groups in total. The maximum absolute atomic E-state index is 13.2. The van der Waals surface area contributed by atoms with Gasteiger partial charge in [-0.2, -0.15) is 0 Å². The first kappa shape index (κ1) is 25.2. The molecule has 5 rings (SSSR count). The van der Waals surface area contributed by atoms with Crippen molar-refractivity contribution in [2.45, 2.75) is 31.8 Å². The Labute approximate surface area is 219 Å². The summed E-state index contributed by atoms with van der Waals surface area (Å²) in [6.07, 6.45) is 2.10. The van der Waals surface area contributed by atoms with Crippen LogP contribution in [0.4, 0.5) is 5.69 Å². The average Bonchev–Trinajstić information content (AvgIpc) is 2.94. The fourth-order valence-electron chi connectivity index (χ4n) is 5.89. The number of amidine groups is 1. The second kappa shape index (κ2) is 11.3. The molecular weight excluding hydrogens is 462 g/mol. The maximum atomic E-state index is 13.2. The van der Waals surface area contributed by atoms with Crippen LogP contribution in [-0.2, 0) is 9.53 Å². The van der Waals surface area contributed by atoms with Crippen LogP contribution in [0, 0.1) is 5.41 Å². The predicted octanol–water partition coefficient (Wildman–Crippen LogP) is 4.01. The van der Waals surface area contributed by atoms with E-state index in [1.165, 1.54) is 5.69 Å². The van der Waals surface area contributed by atoms with Crippen LogP contribution >= 0.6 is 0 Å². The summed E-state index contributed by atoms with van der Waals surface area (Å²) in [6, 6.07) is 22.7. The molecule has 0 amide bonds. The first-order chi connectivity index (χ1) is 18.0. The van der Waals surface area contributed by atoms with Crippen molar-refractivity contribution in [2.75, 3.05) is 50.8 Å². The van der Waals surface area contributed by atoms with E-state index in [-0.39, 0.29) is 17.8 Å². The summed E-state index contributed by atoms with van der Waals surface area (Å²) in [5.74, 6) is -0.0462. The van der Waals surface area contributed by atoms with E-state index in [1.54, 1.807) is 0 Å². The zero-order valence-electron chi connectivity index (χ0n) is 21.6. The largest absolute Gasteiger partial charge is 0.465 e. The van der Waals surface area contributed by atoms with Gasteiger partial charge in [-0.3, -0.25) is 15.2 Å². The highest BCUT2D eigenvalue weighted by atomic mass is 16.5. The minimum Gasteiger partial charge on any atom is -0.465 e. The van der Waals surface area contributed by atoms with E-state index in [0.29, 0.717) is 12.6 Å². The molecule has 3 aromatic carbocycles. The number of piperazine rings is 1. The van der Waals surface area contributed by atoms with Gasteiger partial charge < -0.3 is 15.4 Å². The standard InChI is InChI=1S/C30H37N5O2/c1-2-37-30(36)28(27-9-5-7-22-6-3-4-8-26(22)27)35-16-14-25(15-17-35)34-20-18-33(19-21-34)24-12-10-23(11-13-24)29(31)32/h3-13,25,28H,2,14-21H2,1H3,(H3,31,32). The zero-order chi connectivity index (χ0) is 25.8. The van der Waals surface area contributed by atoms with Crippen molar-refractivity contribution in [1.29, 1.82) is 5.41 Å². The number of likely N-dealkylation sites (tertiary alicyclic amines) is 1. The SMILES string of the molecule is CCOC(=O)C(c1cccc2ccccc12)N1CCC(N2CCN(c3ccc(C(=N)N)cc3)CC2)CC1. The number of nitrogens with two attached hydrogens (primary N) is 1. The number of carbonyl (C=O) groups excluding carboxylic acids is 1. The van der Waals surface area contributed by atoms with Gasteiger partial charge in [-0.1, -0.05) is 42.5 Å². The van der Waals surface area contributed by atoms with Crippen LogP contribution < -0.4 is 10.6 Å². The number of esters is 1. The summed E-state index contributed by atoms with van der Waals surface area (Å²) >= 11 is 0. The summed E-state index contributed by atoms with van der Waals surface area (Å²) in [5, 5.41) is 9.86. The predicted molar refractivity (Wildman–Crippen MR) is 149 cm³/mol. The van der Waals surface area contributed by atoms with E-state index >= 15 is 0 Å². The van der Waals surface area contributed by atoms with Crippen molar-refractivity contribution in [2.24, 2.45) is 5.73 Å². The number of nitrogen functional groups attached to an aromatic ring is 1. The lowest BCUT2D eigenvalue weighted by molar-refractivity contribution is -0.150. The molecule has 0 radical (unpaired) electrons. The Balaban J connectivity index is 1.22. The Hall–Kier alpha value is -3.42. The molecule has 2 aliphatic rings. The Bertz CT molecular complexity index is 1220. The summed E-state index contributed by atoms with van der Waals surface area (Å²) in [4.78, 5) is 20.6. The van der Waals surface area contributed by atoms with E-state index in [9.17, 15) is 4.79 Å². The Morgan fingerprint density at radius 3 is 2.30 bits per heavy atom. The lowest BCUT2D eigenvalue weighted by Crippen LogP contribution is -2.54. The molecule has 2 heterocycles. The highest BCUT2D eigenvalue weighted by Crippen LogP contribution is 2.32. The van der Waals surface area contributed by atoms with Crippen molar-refractivity contribution >= 4 is 28.3 Å². The van der Waals surface area contributed by atoms with Gasteiger partial charge in [-0.25, -0.2) is 4.79 Å². The van der Waals surface area contributed by atoms with Crippen LogP contribution in [0.5, 0.6) is 0 Å². The molecule has 0 spiro atoms. The van der Waals surface area contributed by atoms with Gasteiger partial charge in [0.05, 0.1) is 6.61 Å². The van der Waals surface area contributed by atoms with E-state index in [4.69, 9.17) is 15.9 Å². The number of hydrogen-bond acceptors (Lipinski definition) is 6. The molecule has 0 bridgehead atoms. The van der Waals surface area contributed by atoms with E-state index < -0.39 is 0 Å². The molecule has 2 saturated heterocycles. The first-order valence-corrected chi connectivity index (χ1v) is 13.4. The monoisotopic (exact) mass is 499 g/mol. The van der Waals surface area contributed by atoms with Gasteiger partial charge in [-0.05, 0) is 60.4 Å². The molecule has 7 nitrogen and oxygen atoms in total. The molecule has 2 fully saturated rings. The molecule has 2 aliphatic heterocycles. The molecule has 3 aromatic rings. The highest BCUT2D eigenvalue weighted by molar-refractivity contribution is 5.95. The number of rotatable bonds is 7. The normalized spacial score (nSPS) is 18.6. The van der Waals surface area contributed by atoms with Crippen LogP contribution in [0.15, 0.2) is 66.7 Å². The second-order valence-electron chi connectivity index (χ2n) is 9.97.